The van der Waals surface area contributed by atoms with E-state index < -0.39 is 0 Å². The minimum Gasteiger partial charge on any atom is -0.459 e. The normalized spacial score (nSPS) is 23.5. The highest BCUT2D eigenvalue weighted by Crippen LogP contribution is 2.26. The van der Waals surface area contributed by atoms with Crippen molar-refractivity contribution in [3.05, 3.63) is 24.2 Å². The first-order chi connectivity index (χ1) is 12.7. The van der Waals surface area contributed by atoms with E-state index in [4.69, 9.17) is 4.42 Å². The molecule has 0 aromatic carbocycles. The molecule has 2 amide bonds. The molecule has 0 unspecified atom stereocenters. The molecule has 0 N–H and O–H groups in total. The largest absolute Gasteiger partial charge is 0.459 e. The maximum Gasteiger partial charge on any atom is 0.289 e. The Kier molecular flexibility index (Phi) is 5.29. The van der Waals surface area contributed by atoms with E-state index in [1.54, 1.807) is 18.4 Å². The Morgan fingerprint density at radius 1 is 0.885 bits per heavy atom. The van der Waals surface area contributed by atoms with Crippen LogP contribution < -0.4 is 0 Å². The molecule has 0 atom stereocenters. The number of hydrogen-bond donors (Lipinski definition) is 0. The van der Waals surface area contributed by atoms with E-state index in [1.165, 1.54) is 12.8 Å². The summed E-state index contributed by atoms with van der Waals surface area (Å²) in [5.41, 5.74) is 0. The molecule has 0 bridgehead atoms. The van der Waals surface area contributed by atoms with Crippen molar-refractivity contribution in [1.29, 1.82) is 0 Å². The molecule has 3 saturated heterocycles. The average molecular weight is 359 g/mol. The van der Waals surface area contributed by atoms with Gasteiger partial charge in [0.2, 0.25) is 5.91 Å². The summed E-state index contributed by atoms with van der Waals surface area (Å²) < 4.78 is 5.23. The molecule has 0 saturated carbocycles. The fourth-order valence-electron chi connectivity index (χ4n) is 4.70. The van der Waals surface area contributed by atoms with E-state index in [0.29, 0.717) is 17.7 Å². The van der Waals surface area contributed by atoms with Gasteiger partial charge in [0.05, 0.1) is 6.26 Å². The second-order valence-electron chi connectivity index (χ2n) is 7.84. The lowest BCUT2D eigenvalue weighted by atomic mass is 9.92. The van der Waals surface area contributed by atoms with Gasteiger partial charge in [-0.2, -0.15) is 0 Å². The van der Waals surface area contributed by atoms with Crippen molar-refractivity contribution in [3.8, 4) is 0 Å². The van der Waals surface area contributed by atoms with E-state index in [0.717, 1.165) is 65.0 Å². The van der Waals surface area contributed by atoms with E-state index in [2.05, 4.69) is 9.80 Å². The fourth-order valence-corrected chi connectivity index (χ4v) is 4.70. The molecule has 0 radical (unpaired) electrons. The summed E-state index contributed by atoms with van der Waals surface area (Å²) in [6, 6.07) is 4.03. The van der Waals surface area contributed by atoms with Crippen LogP contribution in [0.3, 0.4) is 0 Å². The fraction of sp³-hybridized carbons (Fsp3) is 0.700. The molecule has 3 aliphatic rings. The number of amides is 2. The number of carbonyl (C=O) groups excluding carboxylic acids is 2. The highest BCUT2D eigenvalue weighted by molar-refractivity contribution is 5.91. The number of nitrogens with zero attached hydrogens (tertiary/aromatic N) is 3. The van der Waals surface area contributed by atoms with Crippen molar-refractivity contribution in [2.75, 3.05) is 39.3 Å². The topological polar surface area (TPSA) is 57.0 Å². The summed E-state index contributed by atoms with van der Waals surface area (Å²) in [6.45, 7) is 5.53. The Bertz CT molecular complexity index is 608. The van der Waals surface area contributed by atoms with Gasteiger partial charge in [0, 0.05) is 38.1 Å². The predicted octanol–water partition coefficient (Wildman–Crippen LogP) is 2.22. The molecule has 1 aromatic rings. The highest BCUT2D eigenvalue weighted by Gasteiger charge is 2.34. The number of carbonyl (C=O) groups is 2. The van der Waals surface area contributed by atoms with Crippen LogP contribution in [0.2, 0.25) is 0 Å². The zero-order valence-electron chi connectivity index (χ0n) is 15.4. The van der Waals surface area contributed by atoms with Crippen LogP contribution in [0.15, 0.2) is 22.8 Å². The molecular formula is C20H29N3O3. The van der Waals surface area contributed by atoms with E-state index >= 15 is 0 Å². The van der Waals surface area contributed by atoms with E-state index in [1.807, 2.05) is 4.90 Å². The lowest BCUT2D eigenvalue weighted by molar-refractivity contribution is -0.136. The molecule has 1 aromatic heterocycles. The smallest absolute Gasteiger partial charge is 0.289 e. The standard InChI is InChI=1S/C20H29N3O3/c24-19(22-9-1-2-10-22)16-5-11-21(12-6-16)17-7-13-23(14-8-17)20(25)18-4-3-15-26-18/h3-4,15-17H,1-2,5-14H2. The molecule has 142 valence electrons. The number of furan rings is 1. The van der Waals surface area contributed by atoms with Crippen molar-refractivity contribution in [1.82, 2.24) is 14.7 Å². The van der Waals surface area contributed by atoms with Crippen molar-refractivity contribution >= 4 is 11.8 Å². The predicted molar refractivity (Wildman–Crippen MR) is 97.7 cm³/mol. The van der Waals surface area contributed by atoms with E-state index in [9.17, 15) is 9.59 Å². The molecule has 0 aliphatic carbocycles. The van der Waals surface area contributed by atoms with Gasteiger partial charge in [-0.25, -0.2) is 0 Å². The van der Waals surface area contributed by atoms with Gasteiger partial charge in [-0.05, 0) is 63.7 Å². The lowest BCUT2D eigenvalue weighted by Gasteiger charge is -2.41. The van der Waals surface area contributed by atoms with Crippen LogP contribution in [0.4, 0.5) is 0 Å². The molecule has 4 heterocycles. The number of likely N-dealkylation sites (tertiary alicyclic amines) is 3. The van der Waals surface area contributed by atoms with Gasteiger partial charge in [-0.15, -0.1) is 0 Å². The summed E-state index contributed by atoms with van der Waals surface area (Å²) in [7, 11) is 0. The van der Waals surface area contributed by atoms with Crippen LogP contribution in [-0.4, -0.2) is 71.8 Å². The van der Waals surface area contributed by atoms with Crippen molar-refractivity contribution in [2.45, 2.75) is 44.6 Å². The molecular weight excluding hydrogens is 330 g/mol. The quantitative estimate of drug-likeness (QED) is 0.830. The third-order valence-electron chi connectivity index (χ3n) is 6.30. The number of piperidine rings is 2. The van der Waals surface area contributed by atoms with Crippen LogP contribution in [0.1, 0.15) is 49.1 Å². The minimum absolute atomic E-state index is 0.00312. The SMILES string of the molecule is O=C(c1ccco1)N1CCC(N2CCC(C(=O)N3CCCC3)CC2)CC1. The van der Waals surface area contributed by atoms with Crippen LogP contribution in [0, 0.1) is 5.92 Å². The summed E-state index contributed by atoms with van der Waals surface area (Å²) in [6.07, 6.45) is 7.88. The summed E-state index contributed by atoms with van der Waals surface area (Å²) in [5.74, 6) is 1.05. The van der Waals surface area contributed by atoms with Gasteiger partial charge in [0.15, 0.2) is 5.76 Å². The van der Waals surface area contributed by atoms with Crippen molar-refractivity contribution in [2.24, 2.45) is 5.92 Å². The van der Waals surface area contributed by atoms with Crippen LogP contribution in [-0.2, 0) is 4.79 Å². The first-order valence-electron chi connectivity index (χ1n) is 10.1. The van der Waals surface area contributed by atoms with Gasteiger partial charge in [-0.3, -0.25) is 9.59 Å². The average Bonchev–Trinajstić information content (AvgIpc) is 3.41. The number of rotatable bonds is 3. The van der Waals surface area contributed by atoms with Crippen molar-refractivity contribution in [3.63, 3.8) is 0 Å². The Hall–Kier alpha value is -1.82. The van der Waals surface area contributed by atoms with Gasteiger partial charge < -0.3 is 19.1 Å². The molecule has 3 fully saturated rings. The zero-order valence-corrected chi connectivity index (χ0v) is 15.4. The molecule has 6 nitrogen and oxygen atoms in total. The third kappa shape index (κ3) is 3.65. The first-order valence-corrected chi connectivity index (χ1v) is 10.1. The Labute approximate surface area is 155 Å². The highest BCUT2D eigenvalue weighted by atomic mass is 16.3. The van der Waals surface area contributed by atoms with Crippen LogP contribution in [0.25, 0.3) is 0 Å². The second kappa shape index (κ2) is 7.82. The molecule has 0 spiro atoms. The third-order valence-corrected chi connectivity index (χ3v) is 6.30. The first kappa shape index (κ1) is 17.6. The van der Waals surface area contributed by atoms with Crippen LogP contribution >= 0.6 is 0 Å². The molecule has 3 aliphatic heterocycles. The monoisotopic (exact) mass is 359 g/mol. The summed E-state index contributed by atoms with van der Waals surface area (Å²) in [5, 5.41) is 0. The summed E-state index contributed by atoms with van der Waals surface area (Å²) in [4.78, 5) is 31.4. The maximum atomic E-state index is 12.6. The summed E-state index contributed by atoms with van der Waals surface area (Å²) >= 11 is 0. The van der Waals surface area contributed by atoms with Gasteiger partial charge in [-0.1, -0.05) is 0 Å². The minimum atomic E-state index is 0.00312. The second-order valence-corrected chi connectivity index (χ2v) is 7.84. The van der Waals surface area contributed by atoms with Gasteiger partial charge in [0.25, 0.3) is 5.91 Å². The Balaban J connectivity index is 1.23. The molecule has 6 heteroatoms. The van der Waals surface area contributed by atoms with Crippen molar-refractivity contribution < 1.29 is 14.0 Å². The zero-order chi connectivity index (χ0) is 17.9. The van der Waals surface area contributed by atoms with Crippen LogP contribution in [0.5, 0.6) is 0 Å². The Morgan fingerprint density at radius 3 is 2.19 bits per heavy atom. The molecule has 26 heavy (non-hydrogen) atoms. The maximum absolute atomic E-state index is 12.6. The van der Waals surface area contributed by atoms with E-state index in [-0.39, 0.29) is 11.8 Å². The lowest BCUT2D eigenvalue weighted by Crippen LogP contribution is -2.50. The number of hydrogen-bond acceptors (Lipinski definition) is 4. The van der Waals surface area contributed by atoms with Gasteiger partial charge >= 0.3 is 0 Å². The Morgan fingerprint density at radius 2 is 1.58 bits per heavy atom. The van der Waals surface area contributed by atoms with Gasteiger partial charge in [0.1, 0.15) is 0 Å². The molecule has 4 rings (SSSR count).